The zero-order valence-electron chi connectivity index (χ0n) is 9.89. The first-order valence-electron chi connectivity index (χ1n) is 5.48. The van der Waals surface area contributed by atoms with Crippen LogP contribution in [-0.4, -0.2) is 55.1 Å². The third-order valence-electron chi connectivity index (χ3n) is 2.85. The van der Waals surface area contributed by atoms with E-state index in [0.717, 1.165) is 0 Å². The SMILES string of the molecule is COC(=O)N1CCN(C(=O)c2ccoc2Br)CC1. The van der Waals surface area contributed by atoms with Gasteiger partial charge < -0.3 is 19.0 Å². The largest absolute Gasteiger partial charge is 0.457 e. The van der Waals surface area contributed by atoms with Gasteiger partial charge in [0.2, 0.25) is 0 Å². The molecule has 1 aliphatic rings. The van der Waals surface area contributed by atoms with Gasteiger partial charge >= 0.3 is 6.09 Å². The van der Waals surface area contributed by atoms with Gasteiger partial charge in [-0.3, -0.25) is 4.79 Å². The first-order valence-corrected chi connectivity index (χ1v) is 6.28. The minimum absolute atomic E-state index is 0.0971. The van der Waals surface area contributed by atoms with Crippen LogP contribution >= 0.6 is 15.9 Å². The molecule has 7 heteroatoms. The normalized spacial score (nSPS) is 15.7. The lowest BCUT2D eigenvalue weighted by Crippen LogP contribution is -2.50. The maximum atomic E-state index is 12.1. The van der Waals surface area contributed by atoms with Gasteiger partial charge in [0, 0.05) is 26.2 Å². The molecule has 0 bridgehead atoms. The van der Waals surface area contributed by atoms with Gasteiger partial charge in [0.1, 0.15) is 0 Å². The Morgan fingerprint density at radius 1 is 1.28 bits per heavy atom. The zero-order valence-corrected chi connectivity index (χ0v) is 11.5. The Labute approximate surface area is 113 Å². The number of methoxy groups -OCH3 is 1. The summed E-state index contributed by atoms with van der Waals surface area (Å²) in [7, 11) is 1.35. The predicted octanol–water partition coefficient (Wildman–Crippen LogP) is 1.57. The standard InChI is InChI=1S/C11H13BrN2O4/c1-17-11(16)14-5-3-13(4-6-14)10(15)8-2-7-18-9(8)12/h2,7H,3-6H2,1H3. The maximum Gasteiger partial charge on any atom is 0.409 e. The molecule has 18 heavy (non-hydrogen) atoms. The van der Waals surface area contributed by atoms with Gasteiger partial charge in [-0.2, -0.15) is 0 Å². The number of hydrogen-bond acceptors (Lipinski definition) is 4. The summed E-state index contributed by atoms with van der Waals surface area (Å²) in [5.41, 5.74) is 0.501. The molecule has 1 aromatic heterocycles. The molecule has 2 heterocycles. The summed E-state index contributed by atoms with van der Waals surface area (Å²) in [4.78, 5) is 26.7. The summed E-state index contributed by atoms with van der Waals surface area (Å²) in [6.45, 7) is 1.94. The molecule has 98 valence electrons. The Hall–Kier alpha value is -1.50. The molecule has 0 aliphatic carbocycles. The summed E-state index contributed by atoms with van der Waals surface area (Å²) in [5, 5.41) is 0. The molecular weight excluding hydrogens is 304 g/mol. The van der Waals surface area contributed by atoms with Crippen LogP contribution < -0.4 is 0 Å². The highest BCUT2D eigenvalue weighted by Gasteiger charge is 2.26. The van der Waals surface area contributed by atoms with Crippen LogP contribution in [0.2, 0.25) is 0 Å². The van der Waals surface area contributed by atoms with E-state index in [0.29, 0.717) is 36.4 Å². The molecule has 1 aromatic rings. The second-order valence-electron chi connectivity index (χ2n) is 3.86. The summed E-state index contributed by atoms with van der Waals surface area (Å²) in [6.07, 6.45) is 1.11. The molecule has 6 nitrogen and oxygen atoms in total. The van der Waals surface area contributed by atoms with E-state index < -0.39 is 0 Å². The number of nitrogens with zero attached hydrogens (tertiary/aromatic N) is 2. The molecule has 1 fully saturated rings. The van der Waals surface area contributed by atoms with E-state index in [1.807, 2.05) is 0 Å². The fraction of sp³-hybridized carbons (Fsp3) is 0.455. The summed E-state index contributed by atoms with van der Waals surface area (Å²) in [5.74, 6) is -0.0971. The Bertz CT molecular complexity index is 452. The lowest BCUT2D eigenvalue weighted by molar-refractivity contribution is 0.0598. The van der Waals surface area contributed by atoms with Crippen molar-refractivity contribution in [1.82, 2.24) is 9.80 Å². The van der Waals surface area contributed by atoms with Crippen LogP contribution in [0, 0.1) is 0 Å². The van der Waals surface area contributed by atoms with Crippen molar-refractivity contribution in [2.24, 2.45) is 0 Å². The van der Waals surface area contributed by atoms with Gasteiger partial charge in [0.15, 0.2) is 4.67 Å². The molecule has 0 N–H and O–H groups in total. The topological polar surface area (TPSA) is 63.0 Å². The van der Waals surface area contributed by atoms with Crippen LogP contribution in [0.4, 0.5) is 4.79 Å². The first kappa shape index (κ1) is 12.9. The van der Waals surface area contributed by atoms with Crippen LogP contribution in [-0.2, 0) is 4.74 Å². The number of ether oxygens (including phenoxy) is 1. The molecule has 0 aromatic carbocycles. The van der Waals surface area contributed by atoms with Crippen molar-refractivity contribution in [3.63, 3.8) is 0 Å². The Kier molecular flexibility index (Phi) is 3.90. The van der Waals surface area contributed by atoms with Gasteiger partial charge in [-0.25, -0.2) is 4.79 Å². The summed E-state index contributed by atoms with van der Waals surface area (Å²) >= 11 is 3.18. The number of rotatable bonds is 1. The number of halogens is 1. The number of furan rings is 1. The fourth-order valence-electron chi connectivity index (χ4n) is 1.84. The van der Waals surface area contributed by atoms with E-state index >= 15 is 0 Å². The van der Waals surface area contributed by atoms with Crippen molar-refractivity contribution in [2.45, 2.75) is 0 Å². The van der Waals surface area contributed by atoms with E-state index in [1.54, 1.807) is 15.9 Å². The Morgan fingerprint density at radius 2 is 1.89 bits per heavy atom. The third kappa shape index (κ3) is 2.50. The van der Waals surface area contributed by atoms with E-state index in [4.69, 9.17) is 4.42 Å². The third-order valence-corrected chi connectivity index (χ3v) is 3.46. The molecule has 0 radical (unpaired) electrons. The van der Waals surface area contributed by atoms with Gasteiger partial charge in [0.25, 0.3) is 5.91 Å². The highest BCUT2D eigenvalue weighted by atomic mass is 79.9. The van der Waals surface area contributed by atoms with Crippen molar-refractivity contribution in [3.05, 3.63) is 22.6 Å². The zero-order chi connectivity index (χ0) is 13.1. The van der Waals surface area contributed by atoms with Crippen LogP contribution in [0.1, 0.15) is 10.4 Å². The number of amides is 2. The highest BCUT2D eigenvalue weighted by molar-refractivity contribution is 9.10. The molecule has 2 amide bonds. The quantitative estimate of drug-likeness (QED) is 0.789. The molecule has 0 atom stereocenters. The van der Waals surface area contributed by atoms with Crippen LogP contribution in [0.3, 0.4) is 0 Å². The first-order chi connectivity index (χ1) is 8.63. The number of piperazine rings is 1. The smallest absolute Gasteiger partial charge is 0.409 e. The number of hydrogen-bond donors (Lipinski definition) is 0. The van der Waals surface area contributed by atoms with E-state index in [1.165, 1.54) is 13.4 Å². The van der Waals surface area contributed by atoms with Crippen molar-refractivity contribution < 1.29 is 18.7 Å². The average molecular weight is 317 g/mol. The lowest BCUT2D eigenvalue weighted by atomic mass is 10.2. The van der Waals surface area contributed by atoms with Crippen LogP contribution in [0.5, 0.6) is 0 Å². The molecule has 0 saturated carbocycles. The maximum absolute atomic E-state index is 12.1. The molecule has 2 rings (SSSR count). The molecule has 1 aliphatic heterocycles. The van der Waals surface area contributed by atoms with Gasteiger partial charge in [-0.1, -0.05) is 0 Å². The van der Waals surface area contributed by atoms with Gasteiger partial charge in [0.05, 0.1) is 18.9 Å². The van der Waals surface area contributed by atoms with Crippen molar-refractivity contribution >= 4 is 27.9 Å². The average Bonchev–Trinajstić information content (AvgIpc) is 2.83. The van der Waals surface area contributed by atoms with E-state index in [-0.39, 0.29) is 12.0 Å². The molecule has 1 saturated heterocycles. The van der Waals surface area contributed by atoms with Crippen molar-refractivity contribution in [3.8, 4) is 0 Å². The Balaban J connectivity index is 1.96. The molecule has 0 unspecified atom stereocenters. The minimum Gasteiger partial charge on any atom is -0.457 e. The molecular formula is C11H13BrN2O4. The van der Waals surface area contributed by atoms with Crippen LogP contribution in [0.25, 0.3) is 0 Å². The lowest BCUT2D eigenvalue weighted by Gasteiger charge is -2.33. The Morgan fingerprint density at radius 3 is 2.39 bits per heavy atom. The fourth-order valence-corrected chi connectivity index (χ4v) is 2.25. The van der Waals surface area contributed by atoms with E-state index in [2.05, 4.69) is 20.7 Å². The number of carbonyl (C=O) groups excluding carboxylic acids is 2. The van der Waals surface area contributed by atoms with Crippen molar-refractivity contribution in [2.75, 3.05) is 33.3 Å². The van der Waals surface area contributed by atoms with Gasteiger partial charge in [-0.05, 0) is 22.0 Å². The predicted molar refractivity (Wildman–Crippen MR) is 66.3 cm³/mol. The number of carbonyl (C=O) groups is 2. The second kappa shape index (κ2) is 5.43. The minimum atomic E-state index is -0.355. The monoisotopic (exact) mass is 316 g/mol. The van der Waals surface area contributed by atoms with Crippen molar-refractivity contribution in [1.29, 1.82) is 0 Å². The highest BCUT2D eigenvalue weighted by Crippen LogP contribution is 2.20. The second-order valence-corrected chi connectivity index (χ2v) is 4.58. The van der Waals surface area contributed by atoms with E-state index in [9.17, 15) is 9.59 Å². The molecule has 0 spiro atoms. The summed E-state index contributed by atoms with van der Waals surface area (Å²) in [6, 6.07) is 1.62. The van der Waals surface area contributed by atoms with Gasteiger partial charge in [-0.15, -0.1) is 0 Å². The summed E-state index contributed by atoms with van der Waals surface area (Å²) < 4.78 is 10.1. The van der Waals surface area contributed by atoms with Crippen LogP contribution in [0.15, 0.2) is 21.4 Å².